The number of hydrogen-bond donors (Lipinski definition) is 5. The van der Waals surface area contributed by atoms with E-state index >= 15 is 0 Å². The molecule has 1 aliphatic heterocycles. The van der Waals surface area contributed by atoms with Gasteiger partial charge in [-0.2, -0.15) is 8.42 Å². The lowest BCUT2D eigenvalue weighted by Gasteiger charge is -2.26. The van der Waals surface area contributed by atoms with Crippen LogP contribution in [-0.4, -0.2) is 80.5 Å². The molecule has 1 fully saturated rings. The summed E-state index contributed by atoms with van der Waals surface area (Å²) < 4.78 is 39.0. The Bertz CT molecular complexity index is 1670. The number of likely N-dealkylation sites (tertiary alicyclic amines) is 1. The molecule has 0 saturated carbocycles. The molecule has 0 radical (unpaired) electrons. The van der Waals surface area contributed by atoms with Crippen LogP contribution in [0.1, 0.15) is 73.1 Å². The topological polar surface area (TPSA) is 216 Å². The molecular formula is C31H36N4O10S. The first-order chi connectivity index (χ1) is 21.9. The second kappa shape index (κ2) is 15.0. The van der Waals surface area contributed by atoms with Crippen molar-refractivity contribution in [3.63, 3.8) is 0 Å². The van der Waals surface area contributed by atoms with Gasteiger partial charge in [0.15, 0.2) is 0 Å². The van der Waals surface area contributed by atoms with Gasteiger partial charge in [-0.05, 0) is 36.2 Å². The molecule has 1 aromatic heterocycles. The van der Waals surface area contributed by atoms with Crippen molar-refractivity contribution in [1.29, 1.82) is 0 Å². The highest BCUT2D eigenvalue weighted by Gasteiger charge is 2.43. The van der Waals surface area contributed by atoms with E-state index in [1.807, 2.05) is 6.92 Å². The Morgan fingerprint density at radius 1 is 1.07 bits per heavy atom. The Kier molecular flexibility index (Phi) is 11.1. The quantitative estimate of drug-likeness (QED) is 0.117. The summed E-state index contributed by atoms with van der Waals surface area (Å²) in [5, 5.41) is 21.5. The third-order valence-corrected chi connectivity index (χ3v) is 8.55. The van der Waals surface area contributed by atoms with E-state index in [4.69, 9.17) is 9.84 Å². The van der Waals surface area contributed by atoms with E-state index in [1.54, 1.807) is 24.3 Å². The minimum Gasteiger partial charge on any atom is -0.488 e. The number of rotatable bonds is 15. The predicted molar refractivity (Wildman–Crippen MR) is 164 cm³/mol. The number of carboxylic acids is 2. The maximum Gasteiger partial charge on any atom is 0.326 e. The summed E-state index contributed by atoms with van der Waals surface area (Å²) in [6.07, 6.45) is 4.27. The van der Waals surface area contributed by atoms with Crippen LogP contribution >= 0.6 is 0 Å². The van der Waals surface area contributed by atoms with Crippen molar-refractivity contribution in [2.24, 2.45) is 0 Å². The van der Waals surface area contributed by atoms with Crippen LogP contribution in [0, 0.1) is 0 Å². The molecule has 3 aromatic rings. The van der Waals surface area contributed by atoms with Gasteiger partial charge in [-0.15, -0.1) is 0 Å². The maximum absolute atomic E-state index is 14.0. The van der Waals surface area contributed by atoms with Crippen LogP contribution in [0.3, 0.4) is 0 Å². The van der Waals surface area contributed by atoms with Crippen molar-refractivity contribution in [3.8, 4) is 5.75 Å². The Balaban J connectivity index is 1.53. The summed E-state index contributed by atoms with van der Waals surface area (Å²) in [5.41, 5.74) is 0.284. The number of carbonyl (C=O) groups is 4. The fourth-order valence-electron chi connectivity index (χ4n) is 5.41. The number of imidazole rings is 1. The molecule has 14 nitrogen and oxygen atoms in total. The average molecular weight is 657 g/mol. The van der Waals surface area contributed by atoms with E-state index in [9.17, 15) is 37.3 Å². The van der Waals surface area contributed by atoms with Gasteiger partial charge in [0.2, 0.25) is 5.91 Å². The van der Waals surface area contributed by atoms with Crippen LogP contribution < -0.4 is 10.1 Å². The summed E-state index contributed by atoms with van der Waals surface area (Å²) in [5.74, 6) is -3.67. The van der Waals surface area contributed by atoms with Crippen LogP contribution in [0.5, 0.6) is 5.75 Å². The number of benzene rings is 2. The van der Waals surface area contributed by atoms with Gasteiger partial charge in [0.1, 0.15) is 34.4 Å². The molecule has 46 heavy (non-hydrogen) atoms. The summed E-state index contributed by atoms with van der Waals surface area (Å²) in [6, 6.07) is 10.4. The van der Waals surface area contributed by atoms with Gasteiger partial charge in [-0.25, -0.2) is 9.78 Å². The first-order valence-corrected chi connectivity index (χ1v) is 16.2. The minimum atomic E-state index is -4.67. The summed E-state index contributed by atoms with van der Waals surface area (Å²) in [7, 11) is -4.67. The number of aliphatic carboxylic acids is 2. The van der Waals surface area contributed by atoms with E-state index in [2.05, 4.69) is 15.3 Å². The second-order valence-corrected chi connectivity index (χ2v) is 12.4. The largest absolute Gasteiger partial charge is 0.488 e. The first kappa shape index (κ1) is 34.1. The summed E-state index contributed by atoms with van der Waals surface area (Å²) in [6.45, 7) is 2.04. The number of anilines is 1. The Morgan fingerprint density at radius 3 is 2.43 bits per heavy atom. The van der Waals surface area contributed by atoms with Gasteiger partial charge < -0.3 is 30.2 Å². The lowest BCUT2D eigenvalue weighted by Crippen LogP contribution is -2.43. The third-order valence-electron chi connectivity index (χ3n) is 7.64. The van der Waals surface area contributed by atoms with E-state index in [-0.39, 0.29) is 36.6 Å². The molecule has 5 N–H and O–H groups in total. The van der Waals surface area contributed by atoms with Crippen molar-refractivity contribution >= 4 is 39.7 Å². The average Bonchev–Trinajstić information content (AvgIpc) is 3.64. The number of aromatic nitrogens is 2. The van der Waals surface area contributed by atoms with Crippen molar-refractivity contribution < 1.29 is 47.1 Å². The van der Waals surface area contributed by atoms with Crippen LogP contribution in [0.2, 0.25) is 0 Å². The molecule has 2 heterocycles. The monoisotopic (exact) mass is 656 g/mol. The van der Waals surface area contributed by atoms with Gasteiger partial charge >= 0.3 is 11.9 Å². The molecule has 1 aliphatic rings. The first-order valence-electron chi connectivity index (χ1n) is 14.8. The fraction of sp³-hybridized carbons (Fsp3) is 0.387. The zero-order chi connectivity index (χ0) is 33.4. The third kappa shape index (κ3) is 8.69. The smallest absolute Gasteiger partial charge is 0.326 e. The number of carbonyl (C=O) groups excluding carboxylic acids is 2. The minimum absolute atomic E-state index is 0.00510. The van der Waals surface area contributed by atoms with Gasteiger partial charge in [-0.3, -0.25) is 18.9 Å². The van der Waals surface area contributed by atoms with Crippen molar-refractivity contribution in [3.05, 3.63) is 71.7 Å². The molecule has 3 atom stereocenters. The van der Waals surface area contributed by atoms with Crippen molar-refractivity contribution in [2.45, 2.75) is 74.8 Å². The number of hydrogen-bond acceptors (Lipinski definition) is 8. The van der Waals surface area contributed by atoms with E-state index in [1.165, 1.54) is 29.3 Å². The lowest BCUT2D eigenvalue weighted by atomic mass is 9.98. The van der Waals surface area contributed by atoms with Gasteiger partial charge in [-0.1, -0.05) is 56.9 Å². The van der Waals surface area contributed by atoms with Crippen LogP contribution in [0.15, 0.2) is 59.6 Å². The maximum atomic E-state index is 14.0. The van der Waals surface area contributed by atoms with Crippen LogP contribution in [0.25, 0.3) is 0 Å². The zero-order valence-corrected chi connectivity index (χ0v) is 25.9. The highest BCUT2D eigenvalue weighted by Crippen LogP contribution is 2.31. The highest BCUT2D eigenvalue weighted by atomic mass is 32.2. The molecule has 15 heteroatoms. The van der Waals surface area contributed by atoms with Crippen LogP contribution in [-0.2, 0) is 30.9 Å². The number of unbranched alkanes of at least 4 members (excludes halogenated alkanes) is 3. The molecule has 2 aromatic carbocycles. The lowest BCUT2D eigenvalue weighted by molar-refractivity contribution is -0.149. The highest BCUT2D eigenvalue weighted by molar-refractivity contribution is 7.86. The molecular weight excluding hydrogens is 620 g/mol. The second-order valence-electron chi connectivity index (χ2n) is 11.0. The summed E-state index contributed by atoms with van der Waals surface area (Å²) in [4.78, 5) is 58.0. The summed E-state index contributed by atoms with van der Waals surface area (Å²) >= 11 is 0. The van der Waals surface area contributed by atoms with Crippen molar-refractivity contribution in [2.75, 3.05) is 11.9 Å². The van der Waals surface area contributed by atoms with Gasteiger partial charge in [0, 0.05) is 6.42 Å². The molecule has 0 bridgehead atoms. The van der Waals surface area contributed by atoms with Gasteiger partial charge in [0.05, 0.1) is 30.6 Å². The Morgan fingerprint density at radius 2 is 1.78 bits per heavy atom. The van der Waals surface area contributed by atoms with Crippen molar-refractivity contribution in [1.82, 2.24) is 14.9 Å². The Labute approximate surface area is 265 Å². The molecule has 0 unspecified atom stereocenters. The number of amides is 2. The van der Waals surface area contributed by atoms with Crippen LogP contribution in [0.4, 0.5) is 5.82 Å². The molecule has 0 aliphatic carbocycles. The molecule has 0 spiro atoms. The normalized spacial score (nSPS) is 17.0. The van der Waals surface area contributed by atoms with E-state index < -0.39 is 56.8 Å². The molecule has 246 valence electrons. The number of aromatic amines is 1. The number of ether oxygens (including phenoxy) is 1. The standard InChI is InChI=1S/C31H36N4O10S/c1-2-3-4-5-9-23(28-32-17-26(33-28)34-29(38)22-8-6-7-10-25(22)46(42,43)44)30(39)35-18-21(16-24(35)31(40)41)45-20-13-11-19(12-14-20)15-27(36)37/h6-8,10-14,17,21,23-24H,2-5,9,15-16,18H2,1H3,(H,32,33)(H,34,38)(H,36,37)(H,40,41)(H,42,43,44)/t21-,23+,24-/m0/s1. The van der Waals surface area contributed by atoms with Gasteiger partial charge in [0.25, 0.3) is 16.0 Å². The fourth-order valence-corrected chi connectivity index (χ4v) is 6.10. The zero-order valence-electron chi connectivity index (χ0n) is 25.1. The number of nitrogens with one attached hydrogen (secondary N) is 2. The molecule has 4 rings (SSSR count). The number of nitrogens with zero attached hydrogens (tertiary/aromatic N) is 2. The number of carboxylic acid groups (broad SMARTS) is 2. The van der Waals surface area contributed by atoms with E-state index in [0.29, 0.717) is 24.2 Å². The predicted octanol–water partition coefficient (Wildman–Crippen LogP) is 3.72. The van der Waals surface area contributed by atoms with E-state index in [0.717, 1.165) is 25.3 Å². The molecule has 2 amide bonds. The number of H-pyrrole nitrogens is 1. The molecule has 1 saturated heterocycles. The SMILES string of the molecule is CCCCCC[C@@H](C(=O)N1C[C@@H](Oc2ccc(CC(=O)O)cc2)C[C@H]1C(=O)O)c1ncc(NC(=O)c2ccccc2S(=O)(=O)O)[nH]1. The Hall–Kier alpha value is -4.76.